The summed E-state index contributed by atoms with van der Waals surface area (Å²) in [5.74, 6) is 0.137. The maximum absolute atomic E-state index is 12.3. The highest BCUT2D eigenvalue weighted by Crippen LogP contribution is 2.35. The lowest BCUT2D eigenvalue weighted by atomic mass is 10.1. The third-order valence-corrected chi connectivity index (χ3v) is 5.03. The van der Waals surface area contributed by atoms with Crippen molar-refractivity contribution in [1.29, 1.82) is 0 Å². The van der Waals surface area contributed by atoms with Crippen molar-refractivity contribution in [2.24, 2.45) is 0 Å². The van der Waals surface area contributed by atoms with Crippen LogP contribution in [0, 0.1) is 0 Å². The van der Waals surface area contributed by atoms with Crippen molar-refractivity contribution in [2.45, 2.75) is 6.92 Å². The first kappa shape index (κ1) is 16.2. The van der Waals surface area contributed by atoms with E-state index in [2.05, 4.69) is 27.8 Å². The molecule has 2 N–H and O–H groups in total. The molecule has 1 aliphatic heterocycles. The van der Waals surface area contributed by atoms with Crippen LogP contribution in [0.1, 0.15) is 17.4 Å². The number of nitrogens with zero attached hydrogens (tertiary/aromatic N) is 1. The van der Waals surface area contributed by atoms with Gasteiger partial charge in [-0.2, -0.15) is 0 Å². The predicted octanol–water partition coefficient (Wildman–Crippen LogP) is 4.26. The molecule has 0 saturated heterocycles. The van der Waals surface area contributed by atoms with Gasteiger partial charge in [0.25, 0.3) is 5.91 Å². The number of pyridine rings is 1. The van der Waals surface area contributed by atoms with E-state index in [9.17, 15) is 9.59 Å². The van der Waals surface area contributed by atoms with Crippen LogP contribution in [0.5, 0.6) is 0 Å². The number of benzene rings is 1. The number of hydrogen-bond donors (Lipinski definition) is 2. The molecule has 1 aromatic carbocycles. The second kappa shape index (κ2) is 6.57. The van der Waals surface area contributed by atoms with Gasteiger partial charge in [-0.05, 0) is 29.8 Å². The Hall–Kier alpha value is -3.25. The van der Waals surface area contributed by atoms with Gasteiger partial charge in [-0.3, -0.25) is 9.59 Å². The van der Waals surface area contributed by atoms with E-state index >= 15 is 0 Å². The molecule has 128 valence electrons. The molecule has 0 bridgehead atoms. The first-order valence-electron chi connectivity index (χ1n) is 8.06. The van der Waals surface area contributed by atoms with Crippen LogP contribution in [0.15, 0.2) is 54.7 Å². The predicted molar refractivity (Wildman–Crippen MR) is 105 cm³/mol. The first-order chi connectivity index (χ1) is 12.6. The van der Waals surface area contributed by atoms with Gasteiger partial charge in [-0.25, -0.2) is 4.98 Å². The van der Waals surface area contributed by atoms with Crippen LogP contribution in [0.2, 0.25) is 0 Å². The molecule has 4 rings (SSSR count). The lowest BCUT2D eigenvalue weighted by Crippen LogP contribution is -2.06. The van der Waals surface area contributed by atoms with Gasteiger partial charge < -0.3 is 10.6 Å². The molecule has 0 fully saturated rings. The molecule has 3 heterocycles. The summed E-state index contributed by atoms with van der Waals surface area (Å²) in [4.78, 5) is 29.9. The van der Waals surface area contributed by atoms with Crippen molar-refractivity contribution in [2.75, 3.05) is 10.6 Å². The van der Waals surface area contributed by atoms with Crippen LogP contribution in [-0.2, 0) is 9.59 Å². The Balaban J connectivity index is 1.69. The zero-order valence-electron chi connectivity index (χ0n) is 13.9. The number of nitrogens with one attached hydrogen (secondary N) is 2. The largest absolute Gasteiger partial charge is 0.325 e. The fourth-order valence-electron chi connectivity index (χ4n) is 2.81. The molecule has 3 aromatic rings. The van der Waals surface area contributed by atoms with Gasteiger partial charge in [-0.1, -0.05) is 30.3 Å². The fourth-order valence-corrected chi connectivity index (χ4v) is 3.77. The number of thiophene rings is 1. The summed E-state index contributed by atoms with van der Waals surface area (Å²) in [7, 11) is 0. The van der Waals surface area contributed by atoms with E-state index in [1.807, 2.05) is 36.4 Å². The van der Waals surface area contributed by atoms with Gasteiger partial charge in [0.2, 0.25) is 5.91 Å². The minimum atomic E-state index is -0.192. The number of rotatable bonds is 3. The molecule has 6 heteroatoms. The highest BCUT2D eigenvalue weighted by atomic mass is 32.1. The number of anilines is 2. The van der Waals surface area contributed by atoms with Crippen molar-refractivity contribution in [1.82, 2.24) is 4.98 Å². The standard InChI is InChI=1S/C20H15N3O2S/c1-12(24)22-14-9-16-17(20(25)23-19(16)21-11-14)10-15-7-8-18(26-15)13-5-3-2-4-6-13/h2-11H,1H3,(H,22,24)(H,21,23,25). The van der Waals surface area contributed by atoms with Crippen LogP contribution in [0.3, 0.4) is 0 Å². The molecule has 0 atom stereocenters. The maximum Gasteiger partial charge on any atom is 0.257 e. The molecule has 0 saturated carbocycles. The molecule has 2 aromatic heterocycles. The lowest BCUT2D eigenvalue weighted by Gasteiger charge is -2.03. The van der Waals surface area contributed by atoms with Crippen molar-refractivity contribution in [3.8, 4) is 10.4 Å². The van der Waals surface area contributed by atoms with Crippen LogP contribution in [0.4, 0.5) is 11.5 Å². The topological polar surface area (TPSA) is 71.1 Å². The summed E-state index contributed by atoms with van der Waals surface area (Å²) in [5, 5.41) is 5.45. The minimum absolute atomic E-state index is 0.180. The van der Waals surface area contributed by atoms with Crippen molar-refractivity contribution < 1.29 is 9.59 Å². The number of carbonyl (C=O) groups excluding carboxylic acids is 2. The summed E-state index contributed by atoms with van der Waals surface area (Å²) in [5.41, 5.74) is 2.94. The maximum atomic E-state index is 12.3. The van der Waals surface area contributed by atoms with E-state index in [1.54, 1.807) is 17.4 Å². The van der Waals surface area contributed by atoms with Crippen molar-refractivity contribution >= 4 is 46.3 Å². The molecule has 0 radical (unpaired) electrons. The quantitative estimate of drug-likeness (QED) is 0.685. The molecule has 1 aliphatic rings. The zero-order valence-corrected chi connectivity index (χ0v) is 14.8. The van der Waals surface area contributed by atoms with Crippen LogP contribution < -0.4 is 10.6 Å². The third kappa shape index (κ3) is 3.14. The average molecular weight is 361 g/mol. The first-order valence-corrected chi connectivity index (χ1v) is 8.88. The third-order valence-electron chi connectivity index (χ3n) is 3.95. The molecule has 5 nitrogen and oxygen atoms in total. The van der Waals surface area contributed by atoms with Crippen LogP contribution in [-0.4, -0.2) is 16.8 Å². The lowest BCUT2D eigenvalue weighted by molar-refractivity contribution is -0.114. The van der Waals surface area contributed by atoms with Crippen molar-refractivity contribution in [3.63, 3.8) is 0 Å². The van der Waals surface area contributed by atoms with E-state index in [0.29, 0.717) is 22.6 Å². The molecule has 0 aliphatic carbocycles. The normalized spacial score (nSPS) is 14.2. The summed E-state index contributed by atoms with van der Waals surface area (Å²) >= 11 is 1.62. The van der Waals surface area contributed by atoms with Crippen LogP contribution >= 0.6 is 11.3 Å². The van der Waals surface area contributed by atoms with Gasteiger partial charge in [0.15, 0.2) is 0 Å². The Morgan fingerprint density at radius 3 is 2.77 bits per heavy atom. The summed E-state index contributed by atoms with van der Waals surface area (Å²) in [6.07, 6.45) is 3.39. The molecular formula is C20H15N3O2S. The number of carbonyl (C=O) groups is 2. The monoisotopic (exact) mass is 361 g/mol. The molecule has 2 amide bonds. The number of amides is 2. The smallest absolute Gasteiger partial charge is 0.257 e. The average Bonchev–Trinajstić information content (AvgIpc) is 3.21. The Morgan fingerprint density at radius 1 is 1.19 bits per heavy atom. The van der Waals surface area contributed by atoms with Gasteiger partial charge in [0.1, 0.15) is 5.82 Å². The minimum Gasteiger partial charge on any atom is -0.325 e. The Labute approximate surface area is 154 Å². The van der Waals surface area contributed by atoms with E-state index in [4.69, 9.17) is 0 Å². The van der Waals surface area contributed by atoms with Crippen molar-refractivity contribution in [3.05, 3.63) is 65.2 Å². The van der Waals surface area contributed by atoms with E-state index in [-0.39, 0.29) is 11.8 Å². The van der Waals surface area contributed by atoms with Gasteiger partial charge in [0.05, 0.1) is 17.5 Å². The number of fused-ring (bicyclic) bond motifs is 1. The molecule has 0 spiro atoms. The molecule has 0 unspecified atom stereocenters. The second-order valence-electron chi connectivity index (χ2n) is 5.88. The highest BCUT2D eigenvalue weighted by molar-refractivity contribution is 7.16. The van der Waals surface area contributed by atoms with E-state index in [0.717, 1.165) is 15.3 Å². The molecular weight excluding hydrogens is 346 g/mol. The number of aromatic nitrogens is 1. The van der Waals surface area contributed by atoms with Gasteiger partial charge in [0, 0.05) is 22.2 Å². The van der Waals surface area contributed by atoms with Crippen LogP contribution in [0.25, 0.3) is 22.1 Å². The Bertz CT molecular complexity index is 1040. The van der Waals surface area contributed by atoms with E-state index in [1.165, 1.54) is 13.1 Å². The summed E-state index contributed by atoms with van der Waals surface area (Å²) in [6.45, 7) is 1.43. The summed E-state index contributed by atoms with van der Waals surface area (Å²) < 4.78 is 0. The van der Waals surface area contributed by atoms with Gasteiger partial charge in [-0.15, -0.1) is 11.3 Å². The zero-order chi connectivity index (χ0) is 18.1. The SMILES string of the molecule is CC(=O)Nc1cnc2c(c1)C(=Cc1ccc(-c3ccccc3)s1)C(=O)N2. The summed E-state index contributed by atoms with van der Waals surface area (Å²) in [6, 6.07) is 15.9. The Morgan fingerprint density at radius 2 is 2.00 bits per heavy atom. The molecule has 26 heavy (non-hydrogen) atoms. The Kier molecular flexibility index (Phi) is 4.10. The van der Waals surface area contributed by atoms with E-state index < -0.39 is 0 Å². The highest BCUT2D eigenvalue weighted by Gasteiger charge is 2.26. The van der Waals surface area contributed by atoms with Gasteiger partial charge >= 0.3 is 0 Å². The second-order valence-corrected chi connectivity index (χ2v) is 7.00. The fraction of sp³-hybridized carbons (Fsp3) is 0.0500. The number of hydrogen-bond acceptors (Lipinski definition) is 4.